The number of anilines is 2. The van der Waals surface area contributed by atoms with Gasteiger partial charge in [0.25, 0.3) is 0 Å². The maximum Gasteiger partial charge on any atom is 0.0656 e. The molecule has 0 aliphatic rings. The first-order chi connectivity index (χ1) is 8.90. The molecule has 0 amide bonds. The molecule has 4 heteroatoms. The zero-order valence-electron chi connectivity index (χ0n) is 11.5. The number of hydrogen-bond donors (Lipinski definition) is 2. The van der Waals surface area contributed by atoms with E-state index in [9.17, 15) is 0 Å². The van der Waals surface area contributed by atoms with Crippen LogP contribution in [-0.4, -0.2) is 6.54 Å². The van der Waals surface area contributed by atoms with E-state index in [1.165, 1.54) is 4.88 Å². The molecule has 1 aromatic heterocycles. The second-order valence-corrected chi connectivity index (χ2v) is 6.76. The minimum atomic E-state index is 0.0917. The lowest BCUT2D eigenvalue weighted by Crippen LogP contribution is -2.26. The van der Waals surface area contributed by atoms with E-state index in [2.05, 4.69) is 36.7 Å². The number of nitrogen functional groups attached to an aromatic ring is 1. The van der Waals surface area contributed by atoms with Crippen molar-refractivity contribution < 1.29 is 0 Å². The number of rotatable bonds is 4. The smallest absolute Gasteiger partial charge is 0.0656 e. The molecule has 0 aliphatic carbocycles. The molecule has 0 radical (unpaired) electrons. The summed E-state index contributed by atoms with van der Waals surface area (Å²) < 4.78 is 0. The molecule has 102 valence electrons. The Balaban J connectivity index is 2.13. The first kappa shape index (κ1) is 14.2. The number of aryl methyl sites for hydroxylation is 1. The van der Waals surface area contributed by atoms with Crippen molar-refractivity contribution >= 4 is 34.3 Å². The summed E-state index contributed by atoms with van der Waals surface area (Å²) in [6, 6.07) is 8.07. The quantitative estimate of drug-likeness (QED) is 0.803. The van der Waals surface area contributed by atoms with Crippen molar-refractivity contribution in [2.75, 3.05) is 17.6 Å². The molecule has 0 saturated carbocycles. The summed E-state index contributed by atoms with van der Waals surface area (Å²) in [5, 5.41) is 6.19. The van der Waals surface area contributed by atoms with Gasteiger partial charge in [-0.2, -0.15) is 0 Å². The predicted molar refractivity (Wildman–Crippen MR) is 86.4 cm³/mol. The van der Waals surface area contributed by atoms with Gasteiger partial charge in [-0.25, -0.2) is 0 Å². The summed E-state index contributed by atoms with van der Waals surface area (Å²) in [5.41, 5.74) is 8.67. The van der Waals surface area contributed by atoms with Gasteiger partial charge < -0.3 is 11.1 Å². The Morgan fingerprint density at radius 1 is 1.37 bits per heavy atom. The van der Waals surface area contributed by atoms with Gasteiger partial charge >= 0.3 is 0 Å². The van der Waals surface area contributed by atoms with E-state index >= 15 is 0 Å². The molecule has 0 unspecified atom stereocenters. The average Bonchev–Trinajstić information content (AvgIpc) is 2.86. The highest BCUT2D eigenvalue weighted by atomic mass is 35.5. The fourth-order valence-electron chi connectivity index (χ4n) is 1.96. The topological polar surface area (TPSA) is 38.0 Å². The van der Waals surface area contributed by atoms with Gasteiger partial charge in [0.15, 0.2) is 0 Å². The molecule has 1 aromatic carbocycles. The first-order valence-corrected chi connectivity index (χ1v) is 7.49. The van der Waals surface area contributed by atoms with Crippen LogP contribution in [0.3, 0.4) is 0 Å². The molecule has 0 fully saturated rings. The lowest BCUT2D eigenvalue weighted by Gasteiger charge is -2.25. The van der Waals surface area contributed by atoms with Crippen LogP contribution in [0.2, 0.25) is 5.02 Å². The Labute approximate surface area is 123 Å². The highest BCUT2D eigenvalue weighted by Gasteiger charge is 2.21. The standard InChI is InChI=1S/C15H19ClN2S/c1-10-7-12(17)11(16)8-13(10)18-9-15(2,3)14-5-4-6-19-14/h4-8,18H,9,17H2,1-3H3. The van der Waals surface area contributed by atoms with Crippen LogP contribution in [0.15, 0.2) is 29.6 Å². The van der Waals surface area contributed by atoms with Crippen LogP contribution in [0.1, 0.15) is 24.3 Å². The van der Waals surface area contributed by atoms with Gasteiger partial charge in [-0.3, -0.25) is 0 Å². The fraction of sp³-hybridized carbons (Fsp3) is 0.333. The van der Waals surface area contributed by atoms with Crippen molar-refractivity contribution in [3.63, 3.8) is 0 Å². The molecule has 0 spiro atoms. The summed E-state index contributed by atoms with van der Waals surface area (Å²) in [6.45, 7) is 7.36. The van der Waals surface area contributed by atoms with E-state index in [0.717, 1.165) is 17.8 Å². The molecule has 0 aliphatic heterocycles. The molecule has 1 heterocycles. The number of nitrogens with two attached hydrogens (primary N) is 1. The van der Waals surface area contributed by atoms with Crippen molar-refractivity contribution in [3.8, 4) is 0 Å². The molecule has 19 heavy (non-hydrogen) atoms. The second-order valence-electron chi connectivity index (χ2n) is 5.40. The number of benzene rings is 1. The van der Waals surface area contributed by atoms with Crippen molar-refractivity contribution in [2.24, 2.45) is 0 Å². The van der Waals surface area contributed by atoms with E-state index in [4.69, 9.17) is 17.3 Å². The van der Waals surface area contributed by atoms with Gasteiger partial charge in [-0.1, -0.05) is 31.5 Å². The average molecular weight is 295 g/mol. The third kappa shape index (κ3) is 3.23. The van der Waals surface area contributed by atoms with Crippen LogP contribution in [0, 0.1) is 6.92 Å². The molecule has 0 atom stereocenters. The summed E-state index contributed by atoms with van der Waals surface area (Å²) in [5.74, 6) is 0. The largest absolute Gasteiger partial charge is 0.398 e. The number of hydrogen-bond acceptors (Lipinski definition) is 3. The van der Waals surface area contributed by atoms with E-state index < -0.39 is 0 Å². The second kappa shape index (κ2) is 5.43. The Morgan fingerprint density at radius 2 is 2.11 bits per heavy atom. The number of thiophene rings is 1. The van der Waals surface area contributed by atoms with E-state index in [0.29, 0.717) is 10.7 Å². The highest BCUT2D eigenvalue weighted by molar-refractivity contribution is 7.10. The van der Waals surface area contributed by atoms with Crippen molar-refractivity contribution in [1.82, 2.24) is 0 Å². The Bertz CT molecular complexity index is 562. The lowest BCUT2D eigenvalue weighted by atomic mass is 9.91. The van der Waals surface area contributed by atoms with E-state index in [-0.39, 0.29) is 5.41 Å². The van der Waals surface area contributed by atoms with Gasteiger partial charge in [-0.05, 0) is 36.1 Å². The molecule has 3 N–H and O–H groups in total. The van der Waals surface area contributed by atoms with Crippen molar-refractivity contribution in [1.29, 1.82) is 0 Å². The molecule has 0 saturated heterocycles. The summed E-state index contributed by atoms with van der Waals surface area (Å²) in [7, 11) is 0. The van der Waals surface area contributed by atoms with Crippen LogP contribution < -0.4 is 11.1 Å². The Morgan fingerprint density at radius 3 is 2.74 bits per heavy atom. The fourth-order valence-corrected chi connectivity index (χ4v) is 2.98. The third-order valence-corrected chi connectivity index (χ3v) is 4.82. The summed E-state index contributed by atoms with van der Waals surface area (Å²) >= 11 is 7.86. The lowest BCUT2D eigenvalue weighted by molar-refractivity contribution is 0.569. The van der Waals surface area contributed by atoms with E-state index in [1.54, 1.807) is 11.3 Å². The third-order valence-electron chi connectivity index (χ3n) is 3.25. The highest BCUT2D eigenvalue weighted by Crippen LogP contribution is 2.30. The zero-order chi connectivity index (χ0) is 14.0. The number of halogens is 1. The normalized spacial score (nSPS) is 11.6. The van der Waals surface area contributed by atoms with E-state index in [1.807, 2.05) is 19.1 Å². The SMILES string of the molecule is Cc1cc(N)c(Cl)cc1NCC(C)(C)c1cccs1. The van der Waals surface area contributed by atoms with Crippen molar-refractivity contribution in [3.05, 3.63) is 45.1 Å². The van der Waals surface area contributed by atoms with Crippen LogP contribution in [0.4, 0.5) is 11.4 Å². The minimum Gasteiger partial charge on any atom is -0.398 e. The van der Waals surface area contributed by atoms with Crippen molar-refractivity contribution in [2.45, 2.75) is 26.2 Å². The number of nitrogens with one attached hydrogen (secondary N) is 1. The monoisotopic (exact) mass is 294 g/mol. The molecule has 2 rings (SSSR count). The van der Waals surface area contributed by atoms with Gasteiger partial charge in [0.2, 0.25) is 0 Å². The van der Waals surface area contributed by atoms with Crippen LogP contribution >= 0.6 is 22.9 Å². The Kier molecular flexibility index (Phi) is 4.07. The minimum absolute atomic E-state index is 0.0917. The summed E-state index contributed by atoms with van der Waals surface area (Å²) in [4.78, 5) is 1.37. The maximum absolute atomic E-state index is 6.07. The first-order valence-electron chi connectivity index (χ1n) is 6.23. The molecule has 2 aromatic rings. The maximum atomic E-state index is 6.07. The molecule has 0 bridgehead atoms. The molecule has 2 nitrogen and oxygen atoms in total. The molecular formula is C15H19ClN2S. The van der Waals surface area contributed by atoms with Gasteiger partial charge in [-0.15, -0.1) is 11.3 Å². The van der Waals surface area contributed by atoms with Gasteiger partial charge in [0.05, 0.1) is 10.7 Å². The van der Waals surface area contributed by atoms with Crippen LogP contribution in [0.5, 0.6) is 0 Å². The molecular weight excluding hydrogens is 276 g/mol. The summed E-state index contributed by atoms with van der Waals surface area (Å²) in [6.07, 6.45) is 0. The Hall–Kier alpha value is -1.19. The zero-order valence-corrected chi connectivity index (χ0v) is 13.0. The van der Waals surface area contributed by atoms with Crippen LogP contribution in [0.25, 0.3) is 0 Å². The van der Waals surface area contributed by atoms with Gasteiger partial charge in [0.1, 0.15) is 0 Å². The van der Waals surface area contributed by atoms with Gasteiger partial charge in [0, 0.05) is 22.5 Å². The van der Waals surface area contributed by atoms with Crippen LogP contribution in [-0.2, 0) is 5.41 Å². The predicted octanol–water partition coefficient (Wildman–Crippen LogP) is 4.68.